The lowest BCUT2D eigenvalue weighted by Crippen LogP contribution is -2.43. The fraction of sp³-hybridized carbons (Fsp3) is 0.826. The normalized spacial score (nSPS) is 16.3. The molecule has 1 N–H and O–H groups in total. The van der Waals surface area contributed by atoms with Gasteiger partial charge in [-0.1, -0.05) is 41.5 Å². The van der Waals surface area contributed by atoms with Crippen molar-refractivity contribution in [3.05, 3.63) is 17.9 Å². The van der Waals surface area contributed by atoms with Gasteiger partial charge < -0.3 is 18.7 Å². The maximum Gasteiger partial charge on any atom is 0.293 e. The molecule has 30 heavy (non-hydrogen) atoms. The molecule has 0 radical (unpaired) electrons. The second kappa shape index (κ2) is 11.8. The molecule has 0 aromatic rings. The molecule has 176 valence electrons. The Balaban J connectivity index is 4.78. The molecule has 0 saturated heterocycles. The molecule has 0 spiro atoms. The zero-order valence-electron chi connectivity index (χ0n) is 21.2. The first-order chi connectivity index (χ1) is 13.4. The quantitative estimate of drug-likeness (QED) is 0.227. The molecule has 0 aliphatic carbocycles. The maximum atomic E-state index is 10.9. The average molecular weight is 459 g/mol. The number of ether oxygens (including phenoxy) is 1. The lowest BCUT2D eigenvalue weighted by molar-refractivity contribution is -0.132. The molecule has 0 fully saturated rings. The lowest BCUT2D eigenvalue weighted by Gasteiger charge is -2.38. The number of aliphatic hydroxyl groups is 1. The second-order valence-electron chi connectivity index (χ2n) is 11.2. The van der Waals surface area contributed by atoms with Crippen LogP contribution in [0, 0.1) is 0 Å². The number of rotatable bonds is 12. The van der Waals surface area contributed by atoms with Crippen LogP contribution in [-0.4, -0.2) is 53.1 Å². The smallest absolute Gasteiger partial charge is 0.293 e. The molecular weight excluding hydrogens is 412 g/mol. The predicted molar refractivity (Wildman–Crippen MR) is 130 cm³/mol. The minimum absolute atomic E-state index is 0.0446. The summed E-state index contributed by atoms with van der Waals surface area (Å²) in [6.45, 7) is 25.0. The van der Waals surface area contributed by atoms with Gasteiger partial charge in [0, 0.05) is 19.1 Å². The minimum atomic E-state index is -1.89. The van der Waals surface area contributed by atoms with Crippen molar-refractivity contribution in [3.8, 4) is 0 Å². The Morgan fingerprint density at radius 3 is 1.97 bits per heavy atom. The zero-order chi connectivity index (χ0) is 23.8. The highest BCUT2D eigenvalue weighted by atomic mass is 28.4. The SMILES string of the molecule is C[C@H](C[C@H](C=C=C[C@@H](O)CCO[Si](C)(C)C(C)(C)C)OC=O)O[Si](C)(C)C(C)(C)C. The van der Waals surface area contributed by atoms with E-state index >= 15 is 0 Å². The maximum absolute atomic E-state index is 10.9. The fourth-order valence-electron chi connectivity index (χ4n) is 2.30. The van der Waals surface area contributed by atoms with Crippen molar-refractivity contribution in [2.24, 2.45) is 0 Å². The third-order valence-corrected chi connectivity index (χ3v) is 15.5. The Bertz CT molecular complexity index is 581. The number of hydrogen-bond donors (Lipinski definition) is 1. The van der Waals surface area contributed by atoms with Crippen molar-refractivity contribution in [2.75, 3.05) is 6.61 Å². The van der Waals surface area contributed by atoms with Gasteiger partial charge in [0.1, 0.15) is 6.10 Å². The average Bonchev–Trinajstić information content (AvgIpc) is 2.51. The van der Waals surface area contributed by atoms with Crippen LogP contribution in [-0.2, 0) is 18.4 Å². The zero-order valence-corrected chi connectivity index (χ0v) is 23.2. The highest BCUT2D eigenvalue weighted by Gasteiger charge is 2.39. The van der Waals surface area contributed by atoms with E-state index in [-0.39, 0.29) is 16.2 Å². The lowest BCUT2D eigenvalue weighted by atomic mass is 10.1. The van der Waals surface area contributed by atoms with E-state index in [0.29, 0.717) is 25.9 Å². The highest BCUT2D eigenvalue weighted by Crippen LogP contribution is 2.38. The molecule has 7 heteroatoms. The molecule has 0 heterocycles. The Kier molecular flexibility index (Phi) is 11.5. The van der Waals surface area contributed by atoms with E-state index in [2.05, 4.69) is 73.5 Å². The summed E-state index contributed by atoms with van der Waals surface area (Å²) in [5, 5.41) is 10.5. The molecule has 0 amide bonds. The highest BCUT2D eigenvalue weighted by molar-refractivity contribution is 6.74. The van der Waals surface area contributed by atoms with Gasteiger partial charge in [0.15, 0.2) is 16.6 Å². The largest absolute Gasteiger partial charge is 0.460 e. The Morgan fingerprint density at radius 1 is 0.967 bits per heavy atom. The molecule has 3 atom stereocenters. The Hall–Kier alpha value is -0.696. The van der Waals surface area contributed by atoms with Crippen molar-refractivity contribution in [1.29, 1.82) is 0 Å². The van der Waals surface area contributed by atoms with Gasteiger partial charge in [-0.05, 0) is 61.8 Å². The van der Waals surface area contributed by atoms with Gasteiger partial charge in [0.05, 0.1) is 6.10 Å². The van der Waals surface area contributed by atoms with E-state index in [1.807, 2.05) is 6.92 Å². The summed E-state index contributed by atoms with van der Waals surface area (Å²) in [4.78, 5) is 10.9. The van der Waals surface area contributed by atoms with Gasteiger partial charge in [0.25, 0.3) is 6.47 Å². The van der Waals surface area contributed by atoms with Crippen LogP contribution in [0.2, 0.25) is 36.3 Å². The predicted octanol–water partition coefficient (Wildman–Crippen LogP) is 5.81. The van der Waals surface area contributed by atoms with Crippen LogP contribution in [0.3, 0.4) is 0 Å². The summed E-state index contributed by atoms with van der Waals surface area (Å²) in [6.07, 6.45) is 3.20. The number of aliphatic hydroxyl groups excluding tert-OH is 1. The molecule has 0 bridgehead atoms. The molecule has 0 aromatic heterocycles. The van der Waals surface area contributed by atoms with Crippen LogP contribution >= 0.6 is 0 Å². The topological polar surface area (TPSA) is 65.0 Å². The van der Waals surface area contributed by atoms with Crippen molar-refractivity contribution in [2.45, 2.75) is 116 Å². The molecule has 0 aliphatic heterocycles. The van der Waals surface area contributed by atoms with Crippen LogP contribution < -0.4 is 0 Å². The van der Waals surface area contributed by atoms with E-state index in [1.165, 1.54) is 0 Å². The van der Waals surface area contributed by atoms with Crippen molar-refractivity contribution in [1.82, 2.24) is 0 Å². The minimum Gasteiger partial charge on any atom is -0.460 e. The molecular formula is C23H46O5Si2. The monoisotopic (exact) mass is 458 g/mol. The third-order valence-electron chi connectivity index (χ3n) is 6.35. The number of carbonyl (C=O) groups excluding carboxylic acids is 1. The van der Waals surface area contributed by atoms with E-state index in [4.69, 9.17) is 13.6 Å². The van der Waals surface area contributed by atoms with Crippen LogP contribution in [0.15, 0.2) is 17.9 Å². The molecule has 0 saturated carbocycles. The Morgan fingerprint density at radius 2 is 1.50 bits per heavy atom. The first-order valence-electron chi connectivity index (χ1n) is 10.9. The summed E-state index contributed by atoms with van der Waals surface area (Å²) < 4.78 is 17.6. The second-order valence-corrected chi connectivity index (χ2v) is 20.7. The van der Waals surface area contributed by atoms with Gasteiger partial charge in [-0.3, -0.25) is 4.79 Å². The summed E-state index contributed by atoms with van der Waals surface area (Å²) in [7, 11) is -3.69. The number of hydrogen-bond acceptors (Lipinski definition) is 5. The number of carbonyl (C=O) groups is 1. The van der Waals surface area contributed by atoms with Crippen LogP contribution in [0.25, 0.3) is 0 Å². The molecule has 5 nitrogen and oxygen atoms in total. The Labute approximate surface area is 187 Å². The van der Waals surface area contributed by atoms with E-state index in [9.17, 15) is 9.90 Å². The van der Waals surface area contributed by atoms with Gasteiger partial charge in [-0.25, -0.2) is 0 Å². The molecule has 0 aromatic carbocycles. The summed E-state index contributed by atoms with van der Waals surface area (Å²) >= 11 is 0. The van der Waals surface area contributed by atoms with E-state index in [1.54, 1.807) is 12.2 Å². The van der Waals surface area contributed by atoms with Gasteiger partial charge in [-0.2, -0.15) is 0 Å². The van der Waals surface area contributed by atoms with E-state index in [0.717, 1.165) is 0 Å². The summed E-state index contributed by atoms with van der Waals surface area (Å²) in [5.74, 6) is 0. The standard InChI is InChI=1S/C23H46O5Si2/c1-19(28-30(10,11)23(5,6)7)17-21(26-18-24)14-12-13-20(25)15-16-27-29(8,9)22(2,3)4/h13-14,18-21,25H,15-17H2,1-11H3/t12?,19-,20-,21+/m1/s1. The summed E-state index contributed by atoms with van der Waals surface area (Å²) in [6, 6.07) is 0. The third kappa shape index (κ3) is 10.6. The summed E-state index contributed by atoms with van der Waals surface area (Å²) in [5.41, 5.74) is 2.97. The van der Waals surface area contributed by atoms with Gasteiger partial charge in [-0.15, -0.1) is 5.73 Å². The molecule has 0 rings (SSSR count). The van der Waals surface area contributed by atoms with Crippen LogP contribution in [0.5, 0.6) is 0 Å². The van der Waals surface area contributed by atoms with Gasteiger partial charge in [0.2, 0.25) is 0 Å². The first-order valence-corrected chi connectivity index (χ1v) is 16.8. The molecule has 0 aliphatic rings. The van der Waals surface area contributed by atoms with Crippen LogP contribution in [0.4, 0.5) is 0 Å². The van der Waals surface area contributed by atoms with Gasteiger partial charge >= 0.3 is 0 Å². The van der Waals surface area contributed by atoms with Crippen molar-refractivity contribution < 1.29 is 23.5 Å². The van der Waals surface area contributed by atoms with Crippen LogP contribution in [0.1, 0.15) is 61.3 Å². The van der Waals surface area contributed by atoms with Crippen molar-refractivity contribution in [3.63, 3.8) is 0 Å². The van der Waals surface area contributed by atoms with E-state index < -0.39 is 28.8 Å². The first kappa shape index (κ1) is 29.3. The van der Waals surface area contributed by atoms with Crippen molar-refractivity contribution >= 4 is 23.1 Å². The fourth-order valence-corrected chi connectivity index (χ4v) is 4.81. The molecule has 0 unspecified atom stereocenters.